The Morgan fingerprint density at radius 3 is 2.44 bits per heavy atom. The lowest BCUT2D eigenvalue weighted by molar-refractivity contribution is -0.171. The second kappa shape index (κ2) is 5.48. The largest absolute Gasteiger partial charge is 0.465 e. The number of carbonyl (C=O) groups is 1. The third kappa shape index (κ3) is 3.17. The lowest BCUT2D eigenvalue weighted by Crippen LogP contribution is -2.42. The topological polar surface area (TPSA) is 80.7 Å². The van der Waals surface area contributed by atoms with E-state index in [4.69, 9.17) is 4.55 Å². The van der Waals surface area contributed by atoms with Gasteiger partial charge in [-0.15, -0.1) is 0 Å². The highest BCUT2D eigenvalue weighted by molar-refractivity contribution is 7.87. The summed E-state index contributed by atoms with van der Waals surface area (Å²) in [6.07, 6.45) is 2.82. The third-order valence-corrected chi connectivity index (χ3v) is 4.00. The lowest BCUT2D eigenvalue weighted by atomic mass is 9.85. The molecule has 0 amide bonds. The summed E-state index contributed by atoms with van der Waals surface area (Å²) in [4.78, 5) is 11.1. The molecule has 0 aliphatic heterocycles. The Balaban J connectivity index is 2.75. The highest BCUT2D eigenvalue weighted by Gasteiger charge is 2.55. The Morgan fingerprint density at radius 2 is 1.94 bits per heavy atom. The average molecular weight is 286 g/mol. The maximum Gasteiger partial charge on any atom is 0.465 e. The zero-order valence-corrected chi connectivity index (χ0v) is 10.8. The van der Waals surface area contributed by atoms with Crippen molar-refractivity contribution in [2.75, 3.05) is 0 Å². The van der Waals surface area contributed by atoms with E-state index in [-0.39, 0.29) is 5.92 Å². The van der Waals surface area contributed by atoms with Crippen LogP contribution in [-0.2, 0) is 19.6 Å². The zero-order valence-electron chi connectivity index (χ0n) is 9.93. The first-order valence-electron chi connectivity index (χ1n) is 5.76. The summed E-state index contributed by atoms with van der Waals surface area (Å²) < 4.78 is 59.6. The van der Waals surface area contributed by atoms with Gasteiger partial charge in [-0.1, -0.05) is 13.3 Å². The van der Waals surface area contributed by atoms with Crippen molar-refractivity contribution in [1.82, 2.24) is 0 Å². The van der Waals surface area contributed by atoms with Crippen molar-refractivity contribution in [3.8, 4) is 0 Å². The molecule has 0 aromatic heterocycles. The normalized spacial score (nSPS) is 25.8. The highest BCUT2D eigenvalue weighted by Crippen LogP contribution is 2.31. The Bertz CT molecular complexity index is 406. The van der Waals surface area contributed by atoms with Gasteiger partial charge in [-0.25, -0.2) is 4.79 Å². The highest BCUT2D eigenvalue weighted by atomic mass is 32.2. The van der Waals surface area contributed by atoms with Crippen molar-refractivity contribution in [3.05, 3.63) is 0 Å². The zero-order chi connectivity index (χ0) is 14.0. The first-order valence-corrected chi connectivity index (χ1v) is 7.20. The van der Waals surface area contributed by atoms with E-state index in [1.54, 1.807) is 0 Å². The SMILES string of the molecule is CCC1CCCCC1OC(=O)C(F)(F)S(=O)(=O)O. The van der Waals surface area contributed by atoms with Crippen molar-refractivity contribution in [2.24, 2.45) is 5.92 Å². The molecule has 106 valence electrons. The van der Waals surface area contributed by atoms with Crippen LogP contribution < -0.4 is 0 Å². The molecular weight excluding hydrogens is 270 g/mol. The average Bonchev–Trinajstić information content (AvgIpc) is 2.28. The molecule has 1 N–H and O–H groups in total. The van der Waals surface area contributed by atoms with E-state index in [1.807, 2.05) is 6.92 Å². The second-order valence-electron chi connectivity index (χ2n) is 4.39. The molecule has 0 spiro atoms. The number of rotatable bonds is 4. The smallest absolute Gasteiger partial charge is 0.457 e. The van der Waals surface area contributed by atoms with Crippen LogP contribution in [0.2, 0.25) is 0 Å². The van der Waals surface area contributed by atoms with Gasteiger partial charge in [0, 0.05) is 0 Å². The molecule has 1 aliphatic carbocycles. The molecule has 2 atom stereocenters. The van der Waals surface area contributed by atoms with Crippen LogP contribution in [0.1, 0.15) is 39.0 Å². The van der Waals surface area contributed by atoms with E-state index in [0.717, 1.165) is 19.3 Å². The van der Waals surface area contributed by atoms with Gasteiger partial charge >= 0.3 is 21.3 Å². The number of hydrogen-bond donors (Lipinski definition) is 1. The Morgan fingerprint density at radius 1 is 1.39 bits per heavy atom. The third-order valence-electron chi connectivity index (χ3n) is 3.18. The van der Waals surface area contributed by atoms with Crippen molar-refractivity contribution >= 4 is 16.1 Å². The van der Waals surface area contributed by atoms with Crippen LogP contribution in [0.4, 0.5) is 8.78 Å². The van der Waals surface area contributed by atoms with Crippen molar-refractivity contribution in [3.63, 3.8) is 0 Å². The Hall–Kier alpha value is -0.760. The number of alkyl halides is 2. The first-order chi connectivity index (χ1) is 8.20. The summed E-state index contributed by atoms with van der Waals surface area (Å²) in [7, 11) is -5.78. The van der Waals surface area contributed by atoms with E-state index in [9.17, 15) is 22.0 Å². The molecule has 5 nitrogen and oxygen atoms in total. The van der Waals surface area contributed by atoms with Crippen LogP contribution in [0.3, 0.4) is 0 Å². The summed E-state index contributed by atoms with van der Waals surface area (Å²) in [5, 5.41) is -4.90. The fraction of sp³-hybridized carbons (Fsp3) is 0.900. The summed E-state index contributed by atoms with van der Waals surface area (Å²) in [6, 6.07) is 0. The van der Waals surface area contributed by atoms with E-state index in [1.165, 1.54) is 0 Å². The number of hydrogen-bond acceptors (Lipinski definition) is 4. The van der Waals surface area contributed by atoms with E-state index in [0.29, 0.717) is 12.8 Å². The predicted octanol–water partition coefficient (Wildman–Crippen LogP) is 1.98. The van der Waals surface area contributed by atoms with E-state index < -0.39 is 27.4 Å². The minimum Gasteiger partial charge on any atom is -0.457 e. The van der Waals surface area contributed by atoms with Crippen molar-refractivity contribution in [2.45, 2.75) is 50.4 Å². The van der Waals surface area contributed by atoms with Crippen LogP contribution in [0, 0.1) is 5.92 Å². The van der Waals surface area contributed by atoms with E-state index in [2.05, 4.69) is 4.74 Å². The number of esters is 1. The quantitative estimate of drug-likeness (QED) is 0.631. The van der Waals surface area contributed by atoms with Gasteiger partial charge in [0.25, 0.3) is 0 Å². The summed E-state index contributed by atoms with van der Waals surface area (Å²) >= 11 is 0. The molecule has 0 radical (unpaired) electrons. The number of ether oxygens (including phenoxy) is 1. The fourth-order valence-corrected chi connectivity index (χ4v) is 2.37. The predicted molar refractivity (Wildman–Crippen MR) is 58.6 cm³/mol. The Labute approximate surface area is 104 Å². The molecule has 0 aromatic carbocycles. The van der Waals surface area contributed by atoms with Gasteiger partial charge < -0.3 is 4.74 Å². The molecule has 2 unspecified atom stereocenters. The van der Waals surface area contributed by atoms with Crippen LogP contribution >= 0.6 is 0 Å². The van der Waals surface area contributed by atoms with Crippen LogP contribution in [0.15, 0.2) is 0 Å². The van der Waals surface area contributed by atoms with Crippen molar-refractivity contribution in [1.29, 1.82) is 0 Å². The van der Waals surface area contributed by atoms with Gasteiger partial charge in [-0.2, -0.15) is 17.2 Å². The van der Waals surface area contributed by atoms with Gasteiger partial charge in [0.1, 0.15) is 6.10 Å². The number of carbonyl (C=O) groups excluding carboxylic acids is 1. The molecule has 1 rings (SSSR count). The van der Waals surface area contributed by atoms with Crippen molar-refractivity contribution < 1.29 is 31.3 Å². The molecule has 0 heterocycles. The minimum absolute atomic E-state index is 0.0418. The minimum atomic E-state index is -5.78. The van der Waals surface area contributed by atoms with E-state index >= 15 is 0 Å². The second-order valence-corrected chi connectivity index (χ2v) is 5.85. The molecular formula is C10H16F2O5S. The van der Waals surface area contributed by atoms with Crippen LogP contribution in [-0.4, -0.2) is 30.3 Å². The molecule has 0 aromatic rings. The lowest BCUT2D eigenvalue weighted by Gasteiger charge is -2.30. The fourth-order valence-electron chi connectivity index (χ4n) is 2.11. The van der Waals surface area contributed by atoms with Crippen LogP contribution in [0.25, 0.3) is 0 Å². The van der Waals surface area contributed by atoms with Gasteiger partial charge in [0.2, 0.25) is 0 Å². The van der Waals surface area contributed by atoms with Gasteiger partial charge in [0.05, 0.1) is 0 Å². The maximum atomic E-state index is 13.0. The maximum absolute atomic E-state index is 13.0. The molecule has 18 heavy (non-hydrogen) atoms. The van der Waals surface area contributed by atoms with Gasteiger partial charge in [-0.3, -0.25) is 4.55 Å². The first kappa shape index (κ1) is 15.3. The van der Waals surface area contributed by atoms with Gasteiger partial charge in [-0.05, 0) is 31.6 Å². The molecule has 8 heteroatoms. The molecule has 0 bridgehead atoms. The summed E-state index contributed by atoms with van der Waals surface area (Å²) in [5.41, 5.74) is 0. The molecule has 1 saturated carbocycles. The molecule has 0 saturated heterocycles. The number of halogens is 2. The standard InChI is InChI=1S/C10H16F2O5S/c1-2-7-5-3-4-6-8(7)17-9(13)10(11,12)18(14,15)16/h7-8H,2-6H2,1H3,(H,14,15,16). The monoisotopic (exact) mass is 286 g/mol. The Kier molecular flexibility index (Phi) is 4.66. The van der Waals surface area contributed by atoms with Gasteiger partial charge in [0.15, 0.2) is 0 Å². The molecule has 1 fully saturated rings. The summed E-state index contributed by atoms with van der Waals surface area (Å²) in [6.45, 7) is 1.84. The summed E-state index contributed by atoms with van der Waals surface area (Å²) in [5.74, 6) is -2.24. The molecule has 1 aliphatic rings. The van der Waals surface area contributed by atoms with Crippen LogP contribution in [0.5, 0.6) is 0 Å².